The second kappa shape index (κ2) is 11.5. The van der Waals surface area contributed by atoms with Crippen molar-refractivity contribution in [1.82, 2.24) is 9.88 Å². The number of fused-ring (bicyclic) bond motifs is 4. The van der Waals surface area contributed by atoms with Crippen LogP contribution in [0.5, 0.6) is 0 Å². The van der Waals surface area contributed by atoms with Crippen LogP contribution in [0.15, 0.2) is 76.9 Å². The molecule has 1 fully saturated rings. The summed E-state index contributed by atoms with van der Waals surface area (Å²) in [5, 5.41) is 12.2. The SMILES string of the molecule is Cc1cc(C)cc(NC(=S)Nc2cc(C(=O)NCc3cccs3)ccc2N2C[C@H]3C[C@@H](C2)c2cccc(=O)n2C3)c1. The molecule has 2 aromatic heterocycles. The van der Waals surface area contributed by atoms with Gasteiger partial charge >= 0.3 is 0 Å². The number of anilines is 3. The van der Waals surface area contributed by atoms with Gasteiger partial charge in [-0.25, -0.2) is 0 Å². The average molecular weight is 584 g/mol. The fraction of sp³-hybridized carbons (Fsp3) is 0.281. The van der Waals surface area contributed by atoms with Crippen molar-refractivity contribution in [2.45, 2.75) is 39.3 Å². The Balaban J connectivity index is 1.28. The summed E-state index contributed by atoms with van der Waals surface area (Å²) in [6.07, 6.45) is 1.07. The van der Waals surface area contributed by atoms with Gasteiger partial charge in [-0.3, -0.25) is 9.59 Å². The molecule has 9 heteroatoms. The molecule has 7 nitrogen and oxygen atoms in total. The Morgan fingerprint density at radius 3 is 2.59 bits per heavy atom. The molecule has 1 saturated heterocycles. The number of nitrogens with one attached hydrogen (secondary N) is 3. The quantitative estimate of drug-likeness (QED) is 0.246. The summed E-state index contributed by atoms with van der Waals surface area (Å²) in [6, 6.07) is 21.6. The van der Waals surface area contributed by atoms with Crippen LogP contribution >= 0.6 is 23.6 Å². The molecule has 2 aliphatic heterocycles. The number of rotatable bonds is 6. The lowest BCUT2D eigenvalue weighted by Crippen LogP contribution is -2.47. The van der Waals surface area contributed by atoms with Crippen LogP contribution in [0.1, 0.15) is 44.4 Å². The Kier molecular flexibility index (Phi) is 7.64. The molecule has 4 aromatic rings. The Morgan fingerprint density at radius 2 is 1.80 bits per heavy atom. The first kappa shape index (κ1) is 27.2. The van der Waals surface area contributed by atoms with Gasteiger partial charge in [0.2, 0.25) is 0 Å². The highest BCUT2D eigenvalue weighted by molar-refractivity contribution is 7.80. The zero-order valence-corrected chi connectivity index (χ0v) is 24.8. The van der Waals surface area contributed by atoms with Gasteiger partial charge in [-0.1, -0.05) is 18.2 Å². The number of aromatic nitrogens is 1. The molecule has 2 atom stereocenters. The van der Waals surface area contributed by atoms with Crippen molar-refractivity contribution >= 4 is 51.6 Å². The highest BCUT2D eigenvalue weighted by atomic mass is 32.1. The summed E-state index contributed by atoms with van der Waals surface area (Å²) in [4.78, 5) is 29.1. The third-order valence-corrected chi connectivity index (χ3v) is 8.89. The van der Waals surface area contributed by atoms with Crippen LogP contribution in [-0.2, 0) is 13.1 Å². The monoisotopic (exact) mass is 583 g/mol. The van der Waals surface area contributed by atoms with Gasteiger partial charge in [-0.15, -0.1) is 11.3 Å². The Bertz CT molecular complexity index is 1640. The van der Waals surface area contributed by atoms with Crippen LogP contribution in [0.2, 0.25) is 0 Å². The topological polar surface area (TPSA) is 78.4 Å². The van der Waals surface area contributed by atoms with Crippen LogP contribution in [0, 0.1) is 19.8 Å². The van der Waals surface area contributed by atoms with Gasteiger partial charge in [0.05, 0.1) is 17.9 Å². The highest BCUT2D eigenvalue weighted by Gasteiger charge is 2.35. The first-order chi connectivity index (χ1) is 19.8. The van der Waals surface area contributed by atoms with Crippen LogP contribution in [0.4, 0.5) is 17.1 Å². The summed E-state index contributed by atoms with van der Waals surface area (Å²) in [5.74, 6) is 0.492. The largest absolute Gasteiger partial charge is 0.369 e. The van der Waals surface area contributed by atoms with E-state index >= 15 is 0 Å². The molecule has 0 radical (unpaired) electrons. The van der Waals surface area contributed by atoms with Crippen molar-refractivity contribution < 1.29 is 4.79 Å². The average Bonchev–Trinajstić information content (AvgIpc) is 3.45. The van der Waals surface area contributed by atoms with Crippen molar-refractivity contribution in [2.24, 2.45) is 5.92 Å². The van der Waals surface area contributed by atoms with Crippen LogP contribution in [0.25, 0.3) is 0 Å². The van der Waals surface area contributed by atoms with Crippen molar-refractivity contribution in [2.75, 3.05) is 28.6 Å². The second-order valence-electron chi connectivity index (χ2n) is 11.1. The summed E-state index contributed by atoms with van der Waals surface area (Å²) >= 11 is 7.37. The molecule has 0 unspecified atom stereocenters. The molecule has 210 valence electrons. The highest BCUT2D eigenvalue weighted by Crippen LogP contribution is 2.39. The van der Waals surface area contributed by atoms with Crippen LogP contribution in [0.3, 0.4) is 0 Å². The van der Waals surface area contributed by atoms with E-state index < -0.39 is 0 Å². The number of carbonyl (C=O) groups is 1. The van der Waals surface area contributed by atoms with Gasteiger partial charge in [-0.05, 0) is 97.4 Å². The standard InChI is InChI=1S/C32H33N5O2S2/c1-20-11-21(2)13-25(12-20)34-32(40)35-27-15-23(31(39)33-16-26-5-4-10-41-26)8-9-29(27)36-17-22-14-24(19-36)28-6-3-7-30(38)37(28)18-22/h3-13,15,22,24H,14,16-19H2,1-2H3,(H,33,39)(H2,34,35,40)/t22-,24+/m1/s1. The third-order valence-electron chi connectivity index (χ3n) is 7.81. The molecular formula is C32H33N5O2S2. The number of nitrogens with zero attached hydrogens (tertiary/aromatic N) is 2. The van der Waals surface area contributed by atoms with Gasteiger partial charge < -0.3 is 25.4 Å². The molecule has 2 aromatic carbocycles. The number of carbonyl (C=O) groups excluding carboxylic acids is 1. The Morgan fingerprint density at radius 1 is 0.976 bits per heavy atom. The predicted octanol–water partition coefficient (Wildman–Crippen LogP) is 5.89. The fourth-order valence-electron chi connectivity index (χ4n) is 6.16. The van der Waals surface area contributed by atoms with Gasteiger partial charge in [0.15, 0.2) is 5.11 Å². The molecule has 6 rings (SSSR count). The lowest BCUT2D eigenvalue weighted by molar-refractivity contribution is 0.0951. The number of hydrogen-bond donors (Lipinski definition) is 3. The van der Waals surface area contributed by atoms with Crippen molar-refractivity contribution in [3.8, 4) is 0 Å². The van der Waals surface area contributed by atoms with E-state index in [1.165, 1.54) is 0 Å². The van der Waals surface area contributed by atoms with E-state index in [-0.39, 0.29) is 17.4 Å². The third kappa shape index (κ3) is 6.06. The molecule has 0 aliphatic carbocycles. The summed E-state index contributed by atoms with van der Waals surface area (Å²) in [5.41, 5.74) is 6.74. The minimum Gasteiger partial charge on any atom is -0.369 e. The number of thiocarbonyl (C=S) groups is 1. The number of aryl methyl sites for hydroxylation is 2. The van der Waals surface area contributed by atoms with E-state index in [1.807, 2.05) is 46.3 Å². The first-order valence-corrected chi connectivity index (χ1v) is 15.2. The van der Waals surface area contributed by atoms with Gasteiger partial charge in [0, 0.05) is 53.4 Å². The fourth-order valence-corrected chi connectivity index (χ4v) is 7.03. The maximum absolute atomic E-state index is 13.1. The van der Waals surface area contributed by atoms with Gasteiger partial charge in [-0.2, -0.15) is 0 Å². The molecular weight excluding hydrogens is 551 g/mol. The molecule has 1 amide bonds. The van der Waals surface area contributed by atoms with E-state index in [2.05, 4.69) is 59.0 Å². The predicted molar refractivity (Wildman–Crippen MR) is 171 cm³/mol. The number of hydrogen-bond acceptors (Lipinski definition) is 5. The van der Waals surface area contributed by atoms with Crippen LogP contribution in [-0.4, -0.2) is 28.7 Å². The molecule has 2 aliphatic rings. The molecule has 0 spiro atoms. The minimum absolute atomic E-state index is 0.0775. The zero-order valence-electron chi connectivity index (χ0n) is 23.1. The van der Waals surface area contributed by atoms with Gasteiger partial charge in [0.25, 0.3) is 11.5 Å². The molecule has 41 heavy (non-hydrogen) atoms. The lowest BCUT2D eigenvalue weighted by Gasteiger charge is -2.44. The first-order valence-electron chi connectivity index (χ1n) is 13.9. The van der Waals surface area contributed by atoms with Crippen molar-refractivity contribution in [3.05, 3.63) is 110 Å². The van der Waals surface area contributed by atoms with Crippen LogP contribution < -0.4 is 26.4 Å². The number of pyridine rings is 1. The van der Waals surface area contributed by atoms with E-state index in [9.17, 15) is 9.59 Å². The van der Waals surface area contributed by atoms with E-state index in [0.717, 1.165) is 64.8 Å². The molecule has 0 saturated carbocycles. The summed E-state index contributed by atoms with van der Waals surface area (Å²) in [7, 11) is 0. The maximum Gasteiger partial charge on any atom is 0.251 e. The molecule has 2 bridgehead atoms. The summed E-state index contributed by atoms with van der Waals surface area (Å²) in [6.45, 7) is 6.95. The van der Waals surface area contributed by atoms with E-state index in [1.54, 1.807) is 17.4 Å². The summed E-state index contributed by atoms with van der Waals surface area (Å²) < 4.78 is 1.94. The number of thiophene rings is 1. The molecule has 3 N–H and O–H groups in total. The van der Waals surface area contributed by atoms with Gasteiger partial charge in [0.1, 0.15) is 0 Å². The lowest BCUT2D eigenvalue weighted by atomic mass is 9.83. The van der Waals surface area contributed by atoms with Crippen molar-refractivity contribution in [3.63, 3.8) is 0 Å². The number of benzene rings is 2. The normalized spacial score (nSPS) is 17.5. The van der Waals surface area contributed by atoms with E-state index in [0.29, 0.717) is 23.1 Å². The second-order valence-corrected chi connectivity index (χ2v) is 12.5. The number of piperidine rings is 1. The Labute approximate surface area is 249 Å². The Hall–Kier alpha value is -3.95. The minimum atomic E-state index is -0.134. The zero-order chi connectivity index (χ0) is 28.5. The molecule has 4 heterocycles. The van der Waals surface area contributed by atoms with Crippen molar-refractivity contribution in [1.29, 1.82) is 0 Å². The van der Waals surface area contributed by atoms with E-state index in [4.69, 9.17) is 12.2 Å². The maximum atomic E-state index is 13.1. The number of amides is 1. The smallest absolute Gasteiger partial charge is 0.251 e.